The molecular formula is C9H9F2N3S. The number of rotatable bonds is 3. The highest BCUT2D eigenvalue weighted by molar-refractivity contribution is 7.99. The van der Waals surface area contributed by atoms with Crippen LogP contribution in [0.4, 0.5) is 14.5 Å². The maximum Gasteiger partial charge on any atom is 0.248 e. The van der Waals surface area contributed by atoms with Gasteiger partial charge < -0.3 is 10.7 Å². The molecule has 15 heavy (non-hydrogen) atoms. The first kappa shape index (κ1) is 10.2. The van der Waals surface area contributed by atoms with Crippen LogP contribution in [0.5, 0.6) is 0 Å². The lowest BCUT2D eigenvalue weighted by Crippen LogP contribution is -1.93. The molecule has 0 radical (unpaired) electrons. The Bertz CT molecular complexity index is 469. The molecular weight excluding hydrogens is 220 g/mol. The molecule has 0 saturated heterocycles. The van der Waals surface area contributed by atoms with Crippen LogP contribution in [0.15, 0.2) is 23.4 Å². The van der Waals surface area contributed by atoms with Gasteiger partial charge in [-0.1, -0.05) is 11.8 Å². The van der Waals surface area contributed by atoms with E-state index in [1.807, 2.05) is 0 Å². The van der Waals surface area contributed by atoms with E-state index in [-0.39, 0.29) is 5.75 Å². The van der Waals surface area contributed by atoms with Crippen LogP contribution in [0.2, 0.25) is 0 Å². The summed E-state index contributed by atoms with van der Waals surface area (Å²) in [7, 11) is 0. The molecule has 2 rings (SSSR count). The lowest BCUT2D eigenvalue weighted by Gasteiger charge is -1.94. The smallest absolute Gasteiger partial charge is 0.248 e. The second kappa shape index (κ2) is 4.06. The van der Waals surface area contributed by atoms with Gasteiger partial charge in [-0.25, -0.2) is 13.8 Å². The molecule has 2 aromatic rings. The first-order valence-electron chi connectivity index (χ1n) is 4.31. The number of benzene rings is 1. The van der Waals surface area contributed by atoms with E-state index in [0.29, 0.717) is 10.8 Å². The molecule has 3 nitrogen and oxygen atoms in total. The Morgan fingerprint density at radius 3 is 3.00 bits per heavy atom. The van der Waals surface area contributed by atoms with Gasteiger partial charge in [0.15, 0.2) is 5.16 Å². The highest BCUT2D eigenvalue weighted by Gasteiger charge is 2.07. The van der Waals surface area contributed by atoms with Crippen molar-refractivity contribution in [2.24, 2.45) is 0 Å². The number of fused-ring (bicyclic) bond motifs is 1. The summed E-state index contributed by atoms with van der Waals surface area (Å²) in [5.74, 6) is -0.255. The summed E-state index contributed by atoms with van der Waals surface area (Å²) in [6.45, 7) is 0. The minimum atomic E-state index is -2.33. The second-order valence-corrected chi connectivity index (χ2v) is 4.03. The number of hydrogen-bond acceptors (Lipinski definition) is 3. The number of nitrogens with zero attached hydrogens (tertiary/aromatic N) is 1. The van der Waals surface area contributed by atoms with Crippen LogP contribution >= 0.6 is 11.8 Å². The zero-order valence-corrected chi connectivity index (χ0v) is 8.52. The van der Waals surface area contributed by atoms with Gasteiger partial charge in [-0.2, -0.15) is 0 Å². The Labute approximate surface area is 89.1 Å². The molecule has 0 aliphatic rings. The van der Waals surface area contributed by atoms with Crippen molar-refractivity contribution in [3.63, 3.8) is 0 Å². The summed E-state index contributed by atoms with van der Waals surface area (Å²) in [5, 5.41) is 0.496. The monoisotopic (exact) mass is 229 g/mol. The Morgan fingerprint density at radius 1 is 1.47 bits per heavy atom. The normalized spacial score (nSPS) is 11.4. The molecule has 80 valence electrons. The number of thioether (sulfide) groups is 1. The fourth-order valence-electron chi connectivity index (χ4n) is 1.21. The topological polar surface area (TPSA) is 54.7 Å². The molecule has 0 amide bonds. The number of nitrogen functional groups attached to an aromatic ring is 1. The number of imidazole rings is 1. The van der Waals surface area contributed by atoms with Gasteiger partial charge in [0.05, 0.1) is 16.8 Å². The lowest BCUT2D eigenvalue weighted by atomic mass is 10.3. The van der Waals surface area contributed by atoms with Crippen molar-refractivity contribution in [2.75, 3.05) is 11.5 Å². The molecule has 0 atom stereocenters. The van der Waals surface area contributed by atoms with Gasteiger partial charge in [0.2, 0.25) is 6.43 Å². The quantitative estimate of drug-likeness (QED) is 0.628. The Morgan fingerprint density at radius 2 is 2.27 bits per heavy atom. The predicted molar refractivity (Wildman–Crippen MR) is 57.2 cm³/mol. The van der Waals surface area contributed by atoms with Crippen LogP contribution in [0.3, 0.4) is 0 Å². The predicted octanol–water partition coefficient (Wildman–Crippen LogP) is 2.50. The maximum absolute atomic E-state index is 12.0. The highest BCUT2D eigenvalue weighted by atomic mass is 32.2. The zero-order chi connectivity index (χ0) is 10.8. The summed E-state index contributed by atoms with van der Waals surface area (Å²) < 4.78 is 23.9. The van der Waals surface area contributed by atoms with E-state index in [1.165, 1.54) is 0 Å². The minimum Gasteiger partial charge on any atom is -0.399 e. The van der Waals surface area contributed by atoms with Crippen LogP contribution in [0, 0.1) is 0 Å². The average Bonchev–Trinajstić information content (AvgIpc) is 2.56. The van der Waals surface area contributed by atoms with Crippen molar-refractivity contribution in [1.82, 2.24) is 9.97 Å². The Balaban J connectivity index is 2.23. The minimum absolute atomic E-state index is 0.255. The van der Waals surface area contributed by atoms with Crippen LogP contribution in [0.1, 0.15) is 0 Å². The van der Waals surface area contributed by atoms with Gasteiger partial charge in [-0.3, -0.25) is 0 Å². The van der Waals surface area contributed by atoms with E-state index >= 15 is 0 Å². The molecule has 0 bridgehead atoms. The SMILES string of the molecule is Nc1ccc2nc(SCC(F)F)[nH]c2c1. The van der Waals surface area contributed by atoms with E-state index in [2.05, 4.69) is 9.97 Å². The molecule has 0 spiro atoms. The maximum atomic E-state index is 12.0. The van der Waals surface area contributed by atoms with E-state index in [4.69, 9.17) is 5.73 Å². The van der Waals surface area contributed by atoms with Gasteiger partial charge in [0, 0.05) is 5.69 Å². The first-order valence-corrected chi connectivity index (χ1v) is 5.30. The fraction of sp³-hybridized carbons (Fsp3) is 0.222. The molecule has 1 heterocycles. The largest absolute Gasteiger partial charge is 0.399 e. The third-order valence-corrected chi connectivity index (χ3v) is 2.72. The van der Waals surface area contributed by atoms with E-state index in [9.17, 15) is 8.78 Å². The molecule has 6 heteroatoms. The molecule has 3 N–H and O–H groups in total. The van der Waals surface area contributed by atoms with Crippen LogP contribution in [0.25, 0.3) is 11.0 Å². The number of H-pyrrole nitrogens is 1. The Hall–Kier alpha value is -1.30. The van der Waals surface area contributed by atoms with Crippen molar-refractivity contribution in [3.8, 4) is 0 Å². The number of halogens is 2. The summed E-state index contributed by atoms with van der Waals surface area (Å²) >= 11 is 1.00. The molecule has 0 aliphatic carbocycles. The standard InChI is InChI=1S/C9H9F2N3S/c10-8(11)4-15-9-13-6-2-1-5(12)3-7(6)14-9/h1-3,8H,4,12H2,(H,13,14). The summed E-state index contributed by atoms with van der Waals surface area (Å²) in [6, 6.07) is 5.22. The fourth-order valence-corrected chi connectivity index (χ4v) is 1.84. The average molecular weight is 229 g/mol. The van der Waals surface area contributed by atoms with Gasteiger partial charge in [-0.05, 0) is 18.2 Å². The van der Waals surface area contributed by atoms with E-state index < -0.39 is 6.43 Å². The number of anilines is 1. The summed E-state index contributed by atoms with van der Waals surface area (Å²) in [5.41, 5.74) is 7.71. The van der Waals surface area contributed by atoms with E-state index in [1.54, 1.807) is 18.2 Å². The number of aromatic amines is 1. The first-order chi connectivity index (χ1) is 7.15. The molecule has 0 fully saturated rings. The lowest BCUT2D eigenvalue weighted by molar-refractivity contribution is 0.176. The number of nitrogens with two attached hydrogens (primary N) is 1. The Kier molecular flexibility index (Phi) is 2.77. The van der Waals surface area contributed by atoms with Gasteiger partial charge in [-0.15, -0.1) is 0 Å². The molecule has 0 saturated carbocycles. The van der Waals surface area contributed by atoms with Gasteiger partial charge in [0.25, 0.3) is 0 Å². The summed E-state index contributed by atoms with van der Waals surface area (Å²) in [6.07, 6.45) is -2.33. The van der Waals surface area contributed by atoms with Crippen LogP contribution < -0.4 is 5.73 Å². The van der Waals surface area contributed by atoms with Crippen LogP contribution in [-0.4, -0.2) is 22.1 Å². The number of aromatic nitrogens is 2. The molecule has 0 unspecified atom stereocenters. The van der Waals surface area contributed by atoms with E-state index in [0.717, 1.165) is 22.8 Å². The number of alkyl halides is 2. The third-order valence-electron chi connectivity index (χ3n) is 1.83. The molecule has 0 aliphatic heterocycles. The van der Waals surface area contributed by atoms with Crippen molar-refractivity contribution < 1.29 is 8.78 Å². The molecule has 1 aromatic carbocycles. The van der Waals surface area contributed by atoms with Crippen molar-refractivity contribution in [1.29, 1.82) is 0 Å². The van der Waals surface area contributed by atoms with Crippen LogP contribution in [-0.2, 0) is 0 Å². The highest BCUT2D eigenvalue weighted by Crippen LogP contribution is 2.22. The van der Waals surface area contributed by atoms with Crippen molar-refractivity contribution in [3.05, 3.63) is 18.2 Å². The third kappa shape index (κ3) is 2.38. The van der Waals surface area contributed by atoms with Gasteiger partial charge in [0.1, 0.15) is 0 Å². The zero-order valence-electron chi connectivity index (χ0n) is 7.71. The van der Waals surface area contributed by atoms with Gasteiger partial charge >= 0.3 is 0 Å². The van der Waals surface area contributed by atoms with Crippen molar-refractivity contribution >= 4 is 28.5 Å². The summed E-state index contributed by atoms with van der Waals surface area (Å²) in [4.78, 5) is 7.07. The van der Waals surface area contributed by atoms with Crippen molar-refractivity contribution in [2.45, 2.75) is 11.6 Å². The number of nitrogens with one attached hydrogen (secondary N) is 1. The molecule has 1 aromatic heterocycles. The second-order valence-electron chi connectivity index (χ2n) is 3.02. The number of hydrogen-bond donors (Lipinski definition) is 2.